The minimum absolute atomic E-state index is 0.581. The van der Waals surface area contributed by atoms with E-state index in [9.17, 15) is 0 Å². The van der Waals surface area contributed by atoms with Crippen molar-refractivity contribution in [1.82, 2.24) is 19.7 Å². The summed E-state index contributed by atoms with van der Waals surface area (Å²) in [4.78, 5) is 5.71. The summed E-state index contributed by atoms with van der Waals surface area (Å²) >= 11 is 9.22. The zero-order valence-corrected chi connectivity index (χ0v) is 18.7. The Morgan fingerprint density at radius 3 is 2.58 bits per heavy atom. The van der Waals surface area contributed by atoms with E-state index in [1.54, 1.807) is 29.4 Å². The van der Waals surface area contributed by atoms with Gasteiger partial charge < -0.3 is 4.42 Å². The molecule has 0 radical (unpaired) electrons. The molecule has 0 atom stereocenters. The van der Waals surface area contributed by atoms with E-state index in [0.29, 0.717) is 23.2 Å². The lowest BCUT2D eigenvalue weighted by Gasteiger charge is -2.09. The van der Waals surface area contributed by atoms with E-state index in [0.717, 1.165) is 27.1 Å². The van der Waals surface area contributed by atoms with Gasteiger partial charge in [-0.1, -0.05) is 59.8 Å². The van der Waals surface area contributed by atoms with E-state index in [1.807, 2.05) is 48.5 Å². The number of rotatable bonds is 7. The van der Waals surface area contributed by atoms with Gasteiger partial charge in [-0.2, -0.15) is 0 Å². The van der Waals surface area contributed by atoms with E-state index in [2.05, 4.69) is 43.3 Å². The van der Waals surface area contributed by atoms with Crippen molar-refractivity contribution in [2.75, 3.05) is 0 Å². The van der Waals surface area contributed by atoms with Crippen LogP contribution in [0.25, 0.3) is 22.2 Å². The average molecular weight is 465 g/mol. The van der Waals surface area contributed by atoms with Crippen molar-refractivity contribution in [2.24, 2.45) is 0 Å². The van der Waals surface area contributed by atoms with Crippen LogP contribution < -0.4 is 0 Å². The van der Waals surface area contributed by atoms with Gasteiger partial charge in [0.1, 0.15) is 6.26 Å². The van der Waals surface area contributed by atoms with Crippen LogP contribution >= 0.6 is 34.7 Å². The SMILES string of the molecule is Clc1ccc(-c2nc(CSc3nnc(-c4cccs4)n3Cc3ccccc3)co2)cc1. The Kier molecular flexibility index (Phi) is 5.88. The standard InChI is InChI=1S/C23H17ClN4OS2/c24-18-10-8-17(9-11-18)22-25-19(14-29-22)15-31-23-27-26-21(20-7-4-12-30-20)28(23)13-16-5-2-1-3-6-16/h1-12,14H,13,15H2. The number of aromatic nitrogens is 4. The van der Waals surface area contributed by atoms with Gasteiger partial charge in [0.05, 0.1) is 17.1 Å². The van der Waals surface area contributed by atoms with Crippen molar-refractivity contribution in [2.45, 2.75) is 17.5 Å². The molecule has 5 rings (SSSR count). The molecule has 2 aromatic carbocycles. The third kappa shape index (κ3) is 4.58. The Labute approximate surface area is 192 Å². The lowest BCUT2D eigenvalue weighted by atomic mass is 10.2. The predicted octanol–water partition coefficient (Wildman–Crippen LogP) is 6.66. The Morgan fingerprint density at radius 2 is 1.81 bits per heavy atom. The van der Waals surface area contributed by atoms with Crippen LogP contribution in [0.5, 0.6) is 0 Å². The van der Waals surface area contributed by atoms with Crippen molar-refractivity contribution in [3.05, 3.63) is 94.7 Å². The zero-order valence-electron chi connectivity index (χ0n) is 16.3. The highest BCUT2D eigenvalue weighted by Gasteiger charge is 2.16. The van der Waals surface area contributed by atoms with Crippen LogP contribution in [0.1, 0.15) is 11.3 Å². The zero-order chi connectivity index (χ0) is 21.0. The molecule has 0 unspecified atom stereocenters. The Balaban J connectivity index is 1.37. The van der Waals surface area contributed by atoms with Gasteiger partial charge in [0.25, 0.3) is 0 Å². The van der Waals surface area contributed by atoms with Crippen molar-refractivity contribution in [1.29, 1.82) is 0 Å². The van der Waals surface area contributed by atoms with E-state index in [-0.39, 0.29) is 0 Å². The number of hydrogen-bond donors (Lipinski definition) is 0. The molecular formula is C23H17ClN4OS2. The van der Waals surface area contributed by atoms with Crippen LogP contribution in [0.15, 0.2) is 87.9 Å². The van der Waals surface area contributed by atoms with Crippen LogP contribution in [-0.4, -0.2) is 19.7 Å². The minimum atomic E-state index is 0.581. The first-order chi connectivity index (χ1) is 15.3. The minimum Gasteiger partial charge on any atom is -0.444 e. The molecule has 0 amide bonds. The molecule has 0 aliphatic heterocycles. The Morgan fingerprint density at radius 1 is 0.968 bits per heavy atom. The van der Waals surface area contributed by atoms with Gasteiger partial charge in [0.2, 0.25) is 5.89 Å². The second-order valence-corrected chi connectivity index (χ2v) is 9.12. The molecule has 0 saturated carbocycles. The number of hydrogen-bond acceptors (Lipinski definition) is 6. The molecule has 0 spiro atoms. The average Bonchev–Trinajstić information content (AvgIpc) is 3.55. The highest BCUT2D eigenvalue weighted by molar-refractivity contribution is 7.98. The molecule has 8 heteroatoms. The number of benzene rings is 2. The summed E-state index contributed by atoms with van der Waals surface area (Å²) in [6.07, 6.45) is 1.69. The van der Waals surface area contributed by atoms with Gasteiger partial charge in [0.15, 0.2) is 11.0 Å². The maximum Gasteiger partial charge on any atom is 0.226 e. The molecule has 0 fully saturated rings. The molecule has 0 N–H and O–H groups in total. The van der Waals surface area contributed by atoms with Crippen molar-refractivity contribution in [3.63, 3.8) is 0 Å². The fraction of sp³-hybridized carbons (Fsp3) is 0.0870. The predicted molar refractivity (Wildman–Crippen MR) is 125 cm³/mol. The third-order valence-electron chi connectivity index (χ3n) is 4.63. The topological polar surface area (TPSA) is 56.7 Å². The van der Waals surface area contributed by atoms with Crippen molar-refractivity contribution < 1.29 is 4.42 Å². The van der Waals surface area contributed by atoms with E-state index < -0.39 is 0 Å². The summed E-state index contributed by atoms with van der Waals surface area (Å²) in [6, 6.07) is 21.9. The molecule has 0 bridgehead atoms. The smallest absolute Gasteiger partial charge is 0.226 e. The number of halogens is 1. The van der Waals surface area contributed by atoms with Crippen molar-refractivity contribution in [3.8, 4) is 22.2 Å². The molecule has 31 heavy (non-hydrogen) atoms. The van der Waals surface area contributed by atoms with Crippen LogP contribution in [-0.2, 0) is 12.3 Å². The fourth-order valence-electron chi connectivity index (χ4n) is 3.13. The molecular weight excluding hydrogens is 448 g/mol. The lowest BCUT2D eigenvalue weighted by molar-refractivity contribution is 0.573. The van der Waals surface area contributed by atoms with Crippen LogP contribution in [0.3, 0.4) is 0 Å². The summed E-state index contributed by atoms with van der Waals surface area (Å²) in [7, 11) is 0. The second kappa shape index (κ2) is 9.09. The summed E-state index contributed by atoms with van der Waals surface area (Å²) in [6.45, 7) is 0.707. The number of oxazole rings is 1. The second-order valence-electron chi connectivity index (χ2n) is 6.79. The molecule has 5 nitrogen and oxygen atoms in total. The number of thioether (sulfide) groups is 1. The third-order valence-corrected chi connectivity index (χ3v) is 6.75. The van der Waals surface area contributed by atoms with Gasteiger partial charge in [0, 0.05) is 16.3 Å². The van der Waals surface area contributed by atoms with Crippen molar-refractivity contribution >= 4 is 34.7 Å². The normalized spacial score (nSPS) is 11.1. The molecule has 3 heterocycles. The summed E-state index contributed by atoms with van der Waals surface area (Å²) in [5.74, 6) is 2.09. The van der Waals surface area contributed by atoms with Gasteiger partial charge in [-0.15, -0.1) is 21.5 Å². The quantitative estimate of drug-likeness (QED) is 0.252. The van der Waals surface area contributed by atoms with Crippen LogP contribution in [0.4, 0.5) is 0 Å². The van der Waals surface area contributed by atoms with Gasteiger partial charge in [-0.25, -0.2) is 4.98 Å². The highest BCUT2D eigenvalue weighted by atomic mass is 35.5. The molecule has 154 valence electrons. The lowest BCUT2D eigenvalue weighted by Crippen LogP contribution is -2.03. The molecule has 5 aromatic rings. The van der Waals surface area contributed by atoms with Gasteiger partial charge in [-0.3, -0.25) is 4.57 Å². The Bertz CT molecular complexity index is 1260. The number of nitrogens with zero attached hydrogens (tertiary/aromatic N) is 4. The van der Waals surface area contributed by atoms with E-state index in [4.69, 9.17) is 16.0 Å². The maximum absolute atomic E-state index is 5.96. The first kappa shape index (κ1) is 20.1. The van der Waals surface area contributed by atoms with E-state index >= 15 is 0 Å². The highest BCUT2D eigenvalue weighted by Crippen LogP contribution is 2.30. The molecule has 0 aliphatic carbocycles. The maximum atomic E-state index is 5.96. The molecule has 0 aliphatic rings. The van der Waals surface area contributed by atoms with Gasteiger partial charge >= 0.3 is 0 Å². The first-order valence-electron chi connectivity index (χ1n) is 9.60. The van der Waals surface area contributed by atoms with Crippen LogP contribution in [0, 0.1) is 0 Å². The summed E-state index contributed by atoms with van der Waals surface area (Å²) < 4.78 is 7.82. The summed E-state index contributed by atoms with van der Waals surface area (Å²) in [5, 5.41) is 12.5. The number of thiophene rings is 1. The molecule has 0 saturated heterocycles. The first-order valence-corrected chi connectivity index (χ1v) is 11.8. The van der Waals surface area contributed by atoms with E-state index in [1.165, 1.54) is 5.56 Å². The molecule has 3 aromatic heterocycles. The monoisotopic (exact) mass is 464 g/mol. The summed E-state index contributed by atoms with van der Waals surface area (Å²) in [5.41, 5.74) is 2.95. The van der Waals surface area contributed by atoms with Crippen LogP contribution in [0.2, 0.25) is 5.02 Å². The Hall–Kier alpha value is -2.87. The van der Waals surface area contributed by atoms with Gasteiger partial charge in [-0.05, 0) is 41.3 Å². The fourth-order valence-corrected chi connectivity index (χ4v) is 4.79. The largest absolute Gasteiger partial charge is 0.444 e.